The van der Waals surface area contributed by atoms with Crippen LogP contribution in [-0.4, -0.2) is 193 Å². The summed E-state index contributed by atoms with van der Waals surface area (Å²) in [6, 6.07) is -0.978. The molecule has 0 radical (unpaired) electrons. The molecule has 0 aromatic heterocycles. The fraction of sp³-hybridized carbons (Fsp3) is 0.847. The molecule has 3 fully saturated rings. The highest BCUT2D eigenvalue weighted by molar-refractivity contribution is 5.76. The van der Waals surface area contributed by atoms with E-state index in [4.69, 9.17) is 28.4 Å². The number of amides is 1. The van der Waals surface area contributed by atoms with Crippen LogP contribution in [0, 0.1) is 0 Å². The lowest BCUT2D eigenvalue weighted by molar-refractivity contribution is -0.379. The highest BCUT2D eigenvalue weighted by Crippen LogP contribution is 2.34. The highest BCUT2D eigenvalue weighted by atomic mass is 16.8. The number of unbranched alkanes of at least 4 members (excludes halogenated alkanes) is 51. The first-order valence-corrected chi connectivity index (χ1v) is 48.3. The Balaban J connectivity index is 1.30. The minimum Gasteiger partial charge on any atom is -0.394 e. The number of aliphatic hydroxyl groups excluding tert-OH is 11. The van der Waals surface area contributed by atoms with Crippen molar-refractivity contribution in [3.05, 3.63) is 85.1 Å². The van der Waals surface area contributed by atoms with Crippen molar-refractivity contribution in [3.63, 3.8) is 0 Å². The van der Waals surface area contributed by atoms with E-state index >= 15 is 0 Å². The summed E-state index contributed by atoms with van der Waals surface area (Å²) in [5, 5.41) is 121. The maximum absolute atomic E-state index is 13.6. The van der Waals surface area contributed by atoms with Crippen LogP contribution in [0.4, 0.5) is 0 Å². The van der Waals surface area contributed by atoms with E-state index in [0.717, 1.165) is 83.5 Å². The zero-order valence-corrected chi connectivity index (χ0v) is 73.9. The van der Waals surface area contributed by atoms with Gasteiger partial charge in [-0.05, 0) is 70.6 Å². The topological polar surface area (TPSA) is 307 Å². The lowest BCUT2D eigenvalue weighted by Gasteiger charge is -2.48. The minimum atomic E-state index is -1.98. The summed E-state index contributed by atoms with van der Waals surface area (Å²) in [6.07, 6.45) is 78.9. The number of carbonyl (C=O) groups excluding carboxylic acids is 1. The van der Waals surface area contributed by atoms with Gasteiger partial charge in [0.1, 0.15) is 73.2 Å². The Hall–Kier alpha value is -3.03. The Morgan fingerprint density at radius 1 is 0.316 bits per heavy atom. The second-order valence-corrected chi connectivity index (χ2v) is 34.2. The molecule has 19 heteroatoms. The van der Waals surface area contributed by atoms with E-state index < -0.39 is 124 Å². The van der Waals surface area contributed by atoms with Gasteiger partial charge in [0.15, 0.2) is 18.9 Å². The third-order valence-corrected chi connectivity index (χ3v) is 23.7. The van der Waals surface area contributed by atoms with E-state index in [9.17, 15) is 61.0 Å². The van der Waals surface area contributed by atoms with Gasteiger partial charge in [-0.2, -0.15) is 0 Å². The van der Waals surface area contributed by atoms with Crippen LogP contribution < -0.4 is 5.32 Å². The number of rotatable bonds is 79. The van der Waals surface area contributed by atoms with Gasteiger partial charge in [0.25, 0.3) is 0 Å². The number of hydrogen-bond acceptors (Lipinski definition) is 18. The Kier molecular flexibility index (Phi) is 70.8. The third-order valence-electron chi connectivity index (χ3n) is 23.7. The summed E-state index contributed by atoms with van der Waals surface area (Å²) in [5.41, 5.74) is 0. The van der Waals surface area contributed by atoms with Crippen molar-refractivity contribution in [2.75, 3.05) is 26.4 Å². The second kappa shape index (κ2) is 76.6. The molecule has 3 saturated heterocycles. The lowest BCUT2D eigenvalue weighted by Crippen LogP contribution is -2.66. The predicted octanol–water partition coefficient (Wildman–Crippen LogP) is 19.6. The van der Waals surface area contributed by atoms with Crippen LogP contribution in [0.2, 0.25) is 0 Å². The average Bonchev–Trinajstić information content (AvgIpc) is 0.777. The van der Waals surface area contributed by atoms with Gasteiger partial charge >= 0.3 is 0 Å². The maximum atomic E-state index is 13.6. The quantitative estimate of drug-likeness (QED) is 0.0199. The summed E-state index contributed by atoms with van der Waals surface area (Å²) in [6.45, 7) is 1.68. The molecule has 3 aliphatic heterocycles. The molecule has 19 nitrogen and oxygen atoms in total. The molecule has 0 aromatic carbocycles. The minimum absolute atomic E-state index is 0.244. The number of nitrogens with one attached hydrogen (secondary N) is 1. The van der Waals surface area contributed by atoms with Crippen LogP contribution in [0.1, 0.15) is 399 Å². The van der Waals surface area contributed by atoms with Crippen LogP contribution in [-0.2, 0) is 33.2 Å². The van der Waals surface area contributed by atoms with Crippen LogP contribution in [0.5, 0.6) is 0 Å². The van der Waals surface area contributed by atoms with Crippen molar-refractivity contribution in [3.8, 4) is 0 Å². The molecule has 0 spiro atoms. The van der Waals surface area contributed by atoms with Gasteiger partial charge in [0.05, 0.1) is 38.6 Å². The monoisotopic (exact) mass is 1660 g/mol. The predicted molar refractivity (Wildman–Crippen MR) is 475 cm³/mol. The molecule has 0 saturated carbocycles. The average molecular weight is 1660 g/mol. The molecule has 3 aliphatic rings. The van der Waals surface area contributed by atoms with Crippen LogP contribution in [0.3, 0.4) is 0 Å². The van der Waals surface area contributed by atoms with Crippen molar-refractivity contribution in [2.45, 2.75) is 503 Å². The van der Waals surface area contributed by atoms with E-state index in [0.29, 0.717) is 6.42 Å². The lowest BCUT2D eigenvalue weighted by atomic mass is 9.96. The number of ether oxygens (including phenoxy) is 6. The molecule has 3 heterocycles. The molecule has 0 aromatic rings. The standard InChI is InChI=1S/C98H177NO18/c1-3-5-7-9-11-13-15-17-19-21-23-25-27-29-31-33-35-37-38-39-40-41-42-44-46-48-50-52-54-56-58-60-62-64-66-68-70-72-74-76-86(104)99-81(82(103)75-73-71-69-67-65-63-61-59-57-55-53-51-49-47-45-43-36-34-32-30-28-26-24-22-20-18-16-14-12-10-8-6-4-2)80-112-96-92(110)89(107)94(84(78-101)114-96)117-98-93(111)90(108)95(85(79-102)115-98)116-97-91(109)88(106)87(105)83(77-100)113-97/h5,7,11,13,17,19,23,25,29,31,35,37,73,75,81-85,87-98,100-103,105-111H,3-4,6,8-10,12,14-16,18,20-22,24,26-28,30,32-34,36,38-72,74,76-80H2,1-2H3,(H,99,104)/b7-5-,13-11-,19-17-,25-23-,31-29-,37-35-,75-73+. The molecule has 12 N–H and O–H groups in total. The van der Waals surface area contributed by atoms with Crippen LogP contribution in [0.25, 0.3) is 0 Å². The van der Waals surface area contributed by atoms with Gasteiger partial charge in [0, 0.05) is 6.42 Å². The first-order chi connectivity index (χ1) is 57.3. The number of aliphatic hydroxyl groups is 11. The Morgan fingerprint density at radius 2 is 0.590 bits per heavy atom. The first kappa shape index (κ1) is 108. The van der Waals surface area contributed by atoms with Gasteiger partial charge < -0.3 is 89.9 Å². The second-order valence-electron chi connectivity index (χ2n) is 34.2. The van der Waals surface area contributed by atoms with E-state index in [1.165, 1.54) is 289 Å². The summed E-state index contributed by atoms with van der Waals surface area (Å²) >= 11 is 0. The molecule has 17 atom stereocenters. The zero-order valence-electron chi connectivity index (χ0n) is 73.9. The van der Waals surface area contributed by atoms with Crippen molar-refractivity contribution < 1.29 is 89.4 Å². The summed E-state index contributed by atoms with van der Waals surface area (Å²) in [5.74, 6) is -0.269. The van der Waals surface area contributed by atoms with Crippen LogP contribution >= 0.6 is 0 Å². The molecular weight excluding hydrogens is 1480 g/mol. The first-order valence-electron chi connectivity index (χ1n) is 48.3. The third kappa shape index (κ3) is 54.4. The van der Waals surface area contributed by atoms with Crippen molar-refractivity contribution in [2.24, 2.45) is 0 Å². The molecule has 17 unspecified atom stereocenters. The molecule has 0 aliphatic carbocycles. The Labute approximate surface area is 711 Å². The normalized spacial score (nSPS) is 24.7. The zero-order chi connectivity index (χ0) is 84.5. The van der Waals surface area contributed by atoms with E-state index in [2.05, 4.69) is 92.1 Å². The molecule has 117 heavy (non-hydrogen) atoms. The van der Waals surface area contributed by atoms with Crippen molar-refractivity contribution in [1.29, 1.82) is 0 Å². The van der Waals surface area contributed by atoms with E-state index in [1.807, 2.05) is 6.08 Å². The van der Waals surface area contributed by atoms with Gasteiger partial charge in [-0.15, -0.1) is 0 Å². The van der Waals surface area contributed by atoms with Gasteiger partial charge in [0.2, 0.25) is 5.91 Å². The fourth-order valence-corrected chi connectivity index (χ4v) is 16.1. The smallest absolute Gasteiger partial charge is 0.220 e. The summed E-state index contributed by atoms with van der Waals surface area (Å²) < 4.78 is 34.6. The van der Waals surface area contributed by atoms with Gasteiger partial charge in [-0.25, -0.2) is 0 Å². The fourth-order valence-electron chi connectivity index (χ4n) is 16.1. The summed E-state index contributed by atoms with van der Waals surface area (Å²) in [4.78, 5) is 13.6. The number of allylic oxidation sites excluding steroid dienone is 13. The number of hydrogen-bond donors (Lipinski definition) is 12. The van der Waals surface area contributed by atoms with Gasteiger partial charge in [-0.3, -0.25) is 4.79 Å². The largest absolute Gasteiger partial charge is 0.394 e. The number of carbonyl (C=O) groups is 1. The molecule has 682 valence electrons. The molecule has 3 rings (SSSR count). The van der Waals surface area contributed by atoms with E-state index in [1.54, 1.807) is 6.08 Å². The SMILES string of the molecule is CC/C=C\C/C=C\C/C=C\C/C=C\C/C=C\C/C=C\CCCCCCCCCCCCCCCCCCCCCCC(=O)NC(COC1OC(CO)C(OC2OC(CO)C(OC3OC(CO)C(O)C(O)C3O)C(O)C2O)C(O)C1O)C(O)/C=C/CCCCCCCCCCCCCCCCCCCCCCCCCCCCCCCCC. The Morgan fingerprint density at radius 3 is 0.923 bits per heavy atom. The van der Waals surface area contributed by atoms with E-state index in [-0.39, 0.29) is 18.9 Å². The van der Waals surface area contributed by atoms with Crippen molar-refractivity contribution in [1.82, 2.24) is 5.32 Å². The molecular formula is C98H177NO18. The molecule has 0 bridgehead atoms. The van der Waals surface area contributed by atoms with Crippen LogP contribution in [0.15, 0.2) is 85.1 Å². The maximum Gasteiger partial charge on any atom is 0.220 e. The Bertz CT molecular complexity index is 2440. The molecule has 1 amide bonds. The van der Waals surface area contributed by atoms with Gasteiger partial charge in [-0.1, -0.05) is 407 Å². The van der Waals surface area contributed by atoms with Crippen molar-refractivity contribution >= 4 is 5.91 Å². The highest BCUT2D eigenvalue weighted by Gasteiger charge is 2.54. The summed E-state index contributed by atoms with van der Waals surface area (Å²) in [7, 11) is 0.